The molecule has 0 radical (unpaired) electrons. The number of aryl methyl sites for hydroxylation is 1. The maximum atomic E-state index is 3.58. The van der Waals surface area contributed by atoms with Crippen LogP contribution in [0.1, 0.15) is 47.9 Å². The Morgan fingerprint density at radius 2 is 2.05 bits per heavy atom. The lowest BCUT2D eigenvalue weighted by molar-refractivity contribution is 0.440. The van der Waals surface area contributed by atoms with E-state index in [2.05, 4.69) is 76.8 Å². The van der Waals surface area contributed by atoms with E-state index >= 15 is 0 Å². The Morgan fingerprint density at radius 3 is 2.86 bits per heavy atom. The van der Waals surface area contributed by atoms with Gasteiger partial charge in [0.1, 0.15) is 0 Å². The number of halogens is 1. The van der Waals surface area contributed by atoms with Gasteiger partial charge in [0.2, 0.25) is 0 Å². The molecule has 2 aromatic carbocycles. The lowest BCUT2D eigenvalue weighted by atomic mass is 9.79. The average Bonchev–Trinajstić information content (AvgIpc) is 2.52. The zero-order valence-electron chi connectivity index (χ0n) is 12.5. The molecule has 0 heterocycles. The molecule has 1 aliphatic carbocycles. The Kier molecular flexibility index (Phi) is 4.77. The van der Waals surface area contributed by atoms with Crippen LogP contribution in [-0.4, -0.2) is 7.05 Å². The molecule has 2 atom stereocenters. The van der Waals surface area contributed by atoms with Gasteiger partial charge in [-0.3, -0.25) is 0 Å². The van der Waals surface area contributed by atoms with E-state index in [1.54, 1.807) is 11.1 Å². The van der Waals surface area contributed by atoms with Crippen molar-refractivity contribution in [3.8, 4) is 0 Å². The molecule has 0 aromatic heterocycles. The van der Waals surface area contributed by atoms with Crippen molar-refractivity contribution in [2.75, 3.05) is 7.05 Å². The number of hydrogen-bond donors (Lipinski definition) is 1. The lowest BCUT2D eigenvalue weighted by Crippen LogP contribution is -2.21. The van der Waals surface area contributed by atoms with Gasteiger partial charge in [-0.1, -0.05) is 52.3 Å². The highest BCUT2D eigenvalue weighted by atomic mass is 79.9. The summed E-state index contributed by atoms with van der Waals surface area (Å²) in [4.78, 5) is 0. The summed E-state index contributed by atoms with van der Waals surface area (Å²) >= 11 is 3.58. The SMILES string of the molecule is CNC(CC1CCCc2ccccc21)c1cccc(Br)c1. The largest absolute Gasteiger partial charge is 0.313 e. The molecule has 0 saturated heterocycles. The van der Waals surface area contributed by atoms with Crippen molar-refractivity contribution in [3.05, 3.63) is 69.7 Å². The quantitative estimate of drug-likeness (QED) is 0.802. The summed E-state index contributed by atoms with van der Waals surface area (Å²) in [5.41, 5.74) is 4.49. The lowest BCUT2D eigenvalue weighted by Gasteiger charge is -2.29. The molecule has 1 N–H and O–H groups in total. The van der Waals surface area contributed by atoms with Gasteiger partial charge in [0.05, 0.1) is 0 Å². The molecule has 0 saturated carbocycles. The summed E-state index contributed by atoms with van der Waals surface area (Å²) in [5, 5.41) is 3.50. The van der Waals surface area contributed by atoms with Crippen molar-refractivity contribution in [1.82, 2.24) is 5.32 Å². The Balaban J connectivity index is 1.82. The fourth-order valence-electron chi connectivity index (χ4n) is 3.53. The summed E-state index contributed by atoms with van der Waals surface area (Å²) < 4.78 is 1.16. The van der Waals surface area contributed by atoms with Gasteiger partial charge in [-0.2, -0.15) is 0 Å². The molecular weight excluding hydrogens is 322 g/mol. The minimum Gasteiger partial charge on any atom is -0.313 e. The Labute approximate surface area is 135 Å². The van der Waals surface area contributed by atoms with Crippen LogP contribution in [0.25, 0.3) is 0 Å². The van der Waals surface area contributed by atoms with E-state index in [4.69, 9.17) is 0 Å². The summed E-state index contributed by atoms with van der Waals surface area (Å²) in [6.07, 6.45) is 5.04. The summed E-state index contributed by atoms with van der Waals surface area (Å²) in [7, 11) is 2.07. The molecule has 2 aromatic rings. The number of nitrogens with one attached hydrogen (secondary N) is 1. The van der Waals surface area contributed by atoms with Gasteiger partial charge >= 0.3 is 0 Å². The van der Waals surface area contributed by atoms with E-state index in [1.807, 2.05) is 0 Å². The van der Waals surface area contributed by atoms with Crippen molar-refractivity contribution >= 4 is 15.9 Å². The maximum absolute atomic E-state index is 3.58. The van der Waals surface area contributed by atoms with Crippen LogP contribution in [0.2, 0.25) is 0 Å². The number of rotatable bonds is 4. The molecule has 110 valence electrons. The van der Waals surface area contributed by atoms with E-state index in [9.17, 15) is 0 Å². The first-order chi connectivity index (χ1) is 10.3. The molecule has 0 amide bonds. The highest BCUT2D eigenvalue weighted by Crippen LogP contribution is 2.37. The van der Waals surface area contributed by atoms with Crippen molar-refractivity contribution in [2.45, 2.75) is 37.6 Å². The van der Waals surface area contributed by atoms with E-state index in [-0.39, 0.29) is 0 Å². The van der Waals surface area contributed by atoms with Gasteiger partial charge in [0, 0.05) is 10.5 Å². The highest BCUT2D eigenvalue weighted by Gasteiger charge is 2.23. The number of fused-ring (bicyclic) bond motifs is 1. The second-order valence-corrected chi connectivity index (χ2v) is 6.84. The topological polar surface area (TPSA) is 12.0 Å². The Hall–Kier alpha value is -1.12. The average molecular weight is 344 g/mol. The van der Waals surface area contributed by atoms with Gasteiger partial charge in [-0.25, -0.2) is 0 Å². The summed E-state index contributed by atoms with van der Waals surface area (Å²) in [5.74, 6) is 0.673. The molecule has 0 bridgehead atoms. The van der Waals surface area contributed by atoms with E-state index in [0.29, 0.717) is 12.0 Å². The van der Waals surface area contributed by atoms with E-state index in [1.165, 1.54) is 31.2 Å². The van der Waals surface area contributed by atoms with Gasteiger partial charge in [-0.15, -0.1) is 0 Å². The van der Waals surface area contributed by atoms with Gasteiger partial charge in [0.15, 0.2) is 0 Å². The molecular formula is C19H22BrN. The normalized spacial score (nSPS) is 19.0. The van der Waals surface area contributed by atoms with Gasteiger partial charge < -0.3 is 5.32 Å². The van der Waals surface area contributed by atoms with E-state index in [0.717, 1.165) is 4.47 Å². The molecule has 3 rings (SSSR count). The third-order valence-electron chi connectivity index (χ3n) is 4.61. The first-order valence-electron chi connectivity index (χ1n) is 7.78. The zero-order chi connectivity index (χ0) is 14.7. The van der Waals surface area contributed by atoms with Crippen molar-refractivity contribution in [1.29, 1.82) is 0 Å². The smallest absolute Gasteiger partial charge is 0.0323 e. The molecule has 2 heteroatoms. The van der Waals surface area contributed by atoms with Crippen molar-refractivity contribution in [3.63, 3.8) is 0 Å². The Morgan fingerprint density at radius 1 is 1.19 bits per heavy atom. The second kappa shape index (κ2) is 6.76. The van der Waals surface area contributed by atoms with Crippen LogP contribution < -0.4 is 5.32 Å². The molecule has 0 fully saturated rings. The van der Waals surface area contributed by atoms with Crippen LogP contribution in [-0.2, 0) is 6.42 Å². The second-order valence-electron chi connectivity index (χ2n) is 5.92. The van der Waals surface area contributed by atoms with Gasteiger partial charge in [0.25, 0.3) is 0 Å². The van der Waals surface area contributed by atoms with Crippen LogP contribution in [0.3, 0.4) is 0 Å². The monoisotopic (exact) mass is 343 g/mol. The molecule has 21 heavy (non-hydrogen) atoms. The zero-order valence-corrected chi connectivity index (χ0v) is 14.1. The molecule has 1 nitrogen and oxygen atoms in total. The van der Waals surface area contributed by atoms with Crippen LogP contribution in [0.15, 0.2) is 53.0 Å². The minimum absolute atomic E-state index is 0.415. The third kappa shape index (κ3) is 3.38. The summed E-state index contributed by atoms with van der Waals surface area (Å²) in [6.45, 7) is 0. The van der Waals surface area contributed by atoms with Crippen LogP contribution in [0.4, 0.5) is 0 Å². The van der Waals surface area contributed by atoms with Crippen molar-refractivity contribution in [2.24, 2.45) is 0 Å². The standard InChI is InChI=1S/C19H22BrN/c1-21-19(16-9-5-10-17(20)12-16)13-15-8-4-7-14-6-2-3-11-18(14)15/h2-3,5-6,9-12,15,19,21H,4,7-8,13H2,1H3. The van der Waals surface area contributed by atoms with Crippen LogP contribution in [0.5, 0.6) is 0 Å². The Bertz CT molecular complexity index is 608. The predicted octanol–water partition coefficient (Wildman–Crippen LogP) is 5.22. The molecule has 1 aliphatic rings. The molecule has 0 aliphatic heterocycles. The van der Waals surface area contributed by atoms with E-state index < -0.39 is 0 Å². The molecule has 0 spiro atoms. The first-order valence-corrected chi connectivity index (χ1v) is 8.58. The molecule has 2 unspecified atom stereocenters. The highest BCUT2D eigenvalue weighted by molar-refractivity contribution is 9.10. The van der Waals surface area contributed by atoms with Crippen LogP contribution in [0, 0.1) is 0 Å². The fourth-order valence-corrected chi connectivity index (χ4v) is 3.94. The third-order valence-corrected chi connectivity index (χ3v) is 5.11. The first kappa shape index (κ1) is 14.8. The number of benzene rings is 2. The summed E-state index contributed by atoms with van der Waals surface area (Å²) in [6, 6.07) is 18.1. The fraction of sp³-hybridized carbons (Fsp3) is 0.368. The van der Waals surface area contributed by atoms with Gasteiger partial charge in [-0.05, 0) is 67.5 Å². The minimum atomic E-state index is 0.415. The predicted molar refractivity (Wildman–Crippen MR) is 92.7 cm³/mol. The van der Waals surface area contributed by atoms with Crippen LogP contribution >= 0.6 is 15.9 Å². The van der Waals surface area contributed by atoms with Crippen molar-refractivity contribution < 1.29 is 0 Å². The maximum Gasteiger partial charge on any atom is 0.0323 e. The number of hydrogen-bond acceptors (Lipinski definition) is 1.